The second kappa shape index (κ2) is 8.52. The first-order valence-corrected chi connectivity index (χ1v) is 10.3. The number of carbonyl (C=O) groups excluding carboxylic acids is 3. The maximum Gasteiger partial charge on any atom is 0.294 e. The van der Waals surface area contributed by atoms with Gasteiger partial charge in [0.2, 0.25) is 12.7 Å². The number of nitrogens with zero attached hydrogens (tertiary/aromatic N) is 2. The third kappa shape index (κ3) is 4.25. The molecule has 164 valence electrons. The molecule has 0 saturated carbocycles. The molecule has 0 aliphatic carbocycles. The molecule has 10 nitrogen and oxygen atoms in total. The summed E-state index contributed by atoms with van der Waals surface area (Å²) in [5.74, 6) is -0.815. The van der Waals surface area contributed by atoms with Gasteiger partial charge in [-0.1, -0.05) is 17.7 Å². The lowest BCUT2D eigenvalue weighted by Crippen LogP contribution is -2.36. The highest BCUT2D eigenvalue weighted by molar-refractivity contribution is 8.18. The fourth-order valence-corrected chi connectivity index (χ4v) is 4.06. The van der Waals surface area contributed by atoms with Gasteiger partial charge in [-0.15, -0.1) is 0 Å². The number of halogens is 1. The number of carbonyl (C=O) groups is 3. The van der Waals surface area contributed by atoms with Crippen molar-refractivity contribution < 1.29 is 28.8 Å². The number of nitrogens with one attached hydrogen (secondary N) is 1. The Hall–Kier alpha value is -3.57. The summed E-state index contributed by atoms with van der Waals surface area (Å²) >= 11 is 6.52. The van der Waals surface area contributed by atoms with Crippen LogP contribution in [0.15, 0.2) is 35.2 Å². The van der Waals surface area contributed by atoms with Gasteiger partial charge < -0.3 is 14.8 Å². The van der Waals surface area contributed by atoms with Crippen LogP contribution in [-0.2, 0) is 9.59 Å². The Morgan fingerprint density at radius 2 is 2.00 bits per heavy atom. The van der Waals surface area contributed by atoms with Gasteiger partial charge >= 0.3 is 0 Å². The lowest BCUT2D eigenvalue weighted by atomic mass is 10.1. The van der Waals surface area contributed by atoms with Crippen LogP contribution in [0.5, 0.6) is 11.5 Å². The summed E-state index contributed by atoms with van der Waals surface area (Å²) in [5, 5.41) is 13.8. The van der Waals surface area contributed by atoms with Crippen LogP contribution in [0.4, 0.5) is 16.2 Å². The molecule has 2 heterocycles. The molecule has 12 heteroatoms. The van der Waals surface area contributed by atoms with E-state index < -0.39 is 28.5 Å². The molecule has 0 radical (unpaired) electrons. The van der Waals surface area contributed by atoms with Crippen molar-refractivity contribution in [1.29, 1.82) is 0 Å². The normalized spacial score (nSPS) is 16.1. The fourth-order valence-electron chi connectivity index (χ4n) is 3.06. The molecule has 0 unspecified atom stereocenters. The Morgan fingerprint density at radius 3 is 2.72 bits per heavy atom. The van der Waals surface area contributed by atoms with Crippen molar-refractivity contribution >= 4 is 57.9 Å². The number of amides is 3. The summed E-state index contributed by atoms with van der Waals surface area (Å²) in [7, 11) is 0. The molecule has 1 N–H and O–H groups in total. The Bertz CT molecular complexity index is 1210. The second-order valence-electron chi connectivity index (χ2n) is 6.80. The Kier molecular flexibility index (Phi) is 5.76. The summed E-state index contributed by atoms with van der Waals surface area (Å²) in [6.07, 6.45) is 1.23. The molecule has 32 heavy (non-hydrogen) atoms. The number of thioether (sulfide) groups is 1. The number of hydrogen-bond donors (Lipinski definition) is 1. The smallest absolute Gasteiger partial charge is 0.294 e. The van der Waals surface area contributed by atoms with Gasteiger partial charge in [-0.3, -0.25) is 29.4 Å². The van der Waals surface area contributed by atoms with Crippen molar-refractivity contribution in [2.75, 3.05) is 18.7 Å². The quantitative estimate of drug-likeness (QED) is 0.391. The number of imide groups is 1. The zero-order valence-electron chi connectivity index (χ0n) is 16.4. The molecular weight excluding hydrogens is 462 g/mol. The number of ether oxygens (including phenoxy) is 2. The predicted molar refractivity (Wildman–Crippen MR) is 117 cm³/mol. The summed E-state index contributed by atoms with van der Waals surface area (Å²) in [4.78, 5) is 49.0. The molecule has 1 saturated heterocycles. The van der Waals surface area contributed by atoms with E-state index in [1.54, 1.807) is 25.1 Å². The molecule has 0 bridgehead atoms. The topological polar surface area (TPSA) is 128 Å². The number of nitro groups is 1. The summed E-state index contributed by atoms with van der Waals surface area (Å²) < 4.78 is 10.4. The third-order valence-corrected chi connectivity index (χ3v) is 5.80. The number of aryl methyl sites for hydroxylation is 1. The van der Waals surface area contributed by atoms with E-state index in [2.05, 4.69) is 5.32 Å². The molecular formula is C20H14ClN3O7S. The molecule has 3 amide bonds. The van der Waals surface area contributed by atoms with Gasteiger partial charge in [-0.05, 0) is 48.5 Å². The molecule has 0 aromatic heterocycles. The molecule has 4 rings (SSSR count). The molecule has 2 aliphatic rings. The second-order valence-corrected chi connectivity index (χ2v) is 8.23. The van der Waals surface area contributed by atoms with Crippen molar-refractivity contribution in [2.24, 2.45) is 0 Å². The molecule has 1 fully saturated rings. The van der Waals surface area contributed by atoms with Crippen LogP contribution in [0.1, 0.15) is 11.1 Å². The summed E-state index contributed by atoms with van der Waals surface area (Å²) in [5.41, 5.74) is 0.979. The number of benzene rings is 2. The largest absolute Gasteiger partial charge is 0.454 e. The van der Waals surface area contributed by atoms with E-state index in [1.807, 2.05) is 0 Å². The van der Waals surface area contributed by atoms with E-state index in [0.717, 1.165) is 10.5 Å². The van der Waals surface area contributed by atoms with Gasteiger partial charge in [0.05, 0.1) is 21.5 Å². The molecule has 0 spiro atoms. The van der Waals surface area contributed by atoms with Crippen molar-refractivity contribution in [3.05, 3.63) is 61.5 Å². The van der Waals surface area contributed by atoms with Crippen LogP contribution in [0.3, 0.4) is 0 Å². The predicted octanol–water partition coefficient (Wildman–Crippen LogP) is 3.96. The average molecular weight is 476 g/mol. The Labute approximate surface area is 190 Å². The van der Waals surface area contributed by atoms with Crippen LogP contribution >= 0.6 is 23.4 Å². The van der Waals surface area contributed by atoms with E-state index in [0.29, 0.717) is 22.5 Å². The Morgan fingerprint density at radius 1 is 1.28 bits per heavy atom. The maximum atomic E-state index is 12.7. The van der Waals surface area contributed by atoms with Crippen LogP contribution in [0.25, 0.3) is 6.08 Å². The maximum absolute atomic E-state index is 12.7. The van der Waals surface area contributed by atoms with Crippen molar-refractivity contribution in [2.45, 2.75) is 6.92 Å². The van der Waals surface area contributed by atoms with Gasteiger partial charge in [-0.2, -0.15) is 0 Å². The average Bonchev–Trinajstić information content (AvgIpc) is 3.29. The van der Waals surface area contributed by atoms with Crippen LogP contribution < -0.4 is 14.8 Å². The number of rotatable bonds is 5. The lowest BCUT2D eigenvalue weighted by molar-refractivity contribution is -0.385. The van der Waals surface area contributed by atoms with E-state index in [-0.39, 0.29) is 34.4 Å². The van der Waals surface area contributed by atoms with Crippen molar-refractivity contribution in [3.63, 3.8) is 0 Å². The summed E-state index contributed by atoms with van der Waals surface area (Å²) in [6.45, 7) is 1.18. The zero-order chi connectivity index (χ0) is 23.0. The van der Waals surface area contributed by atoms with Crippen LogP contribution in [-0.4, -0.2) is 40.2 Å². The van der Waals surface area contributed by atoms with Gasteiger partial charge in [-0.25, -0.2) is 0 Å². The Balaban J connectivity index is 1.54. The van der Waals surface area contributed by atoms with Crippen LogP contribution in [0, 0.1) is 17.0 Å². The zero-order valence-corrected chi connectivity index (χ0v) is 18.0. The highest BCUT2D eigenvalue weighted by atomic mass is 35.5. The highest BCUT2D eigenvalue weighted by Gasteiger charge is 2.37. The minimum atomic E-state index is -0.732. The van der Waals surface area contributed by atoms with Gasteiger partial charge in [0.15, 0.2) is 11.5 Å². The third-order valence-electron chi connectivity index (χ3n) is 4.65. The standard InChI is InChI=1S/C20H14ClN3O7S/c1-10-2-3-12(21)6-13(10)22-18(25)8-23-19(26)17(32-20(23)27)5-11-4-15-16(31-9-30-15)7-14(11)24(28)29/h2-7H,8-9H2,1H3,(H,22,25)/b17-5-. The first kappa shape index (κ1) is 21.7. The van der Waals surface area contributed by atoms with Crippen molar-refractivity contribution in [3.8, 4) is 11.5 Å². The molecule has 2 aromatic carbocycles. The number of nitro benzene ring substituents is 1. The highest BCUT2D eigenvalue weighted by Crippen LogP contribution is 2.40. The molecule has 2 aliphatic heterocycles. The van der Waals surface area contributed by atoms with Crippen LogP contribution in [0.2, 0.25) is 5.02 Å². The van der Waals surface area contributed by atoms with E-state index in [9.17, 15) is 24.5 Å². The van der Waals surface area contributed by atoms with Gasteiger partial charge in [0.25, 0.3) is 16.8 Å². The van der Waals surface area contributed by atoms with Gasteiger partial charge in [0.1, 0.15) is 6.54 Å². The van der Waals surface area contributed by atoms with E-state index in [1.165, 1.54) is 18.2 Å². The SMILES string of the molecule is Cc1ccc(Cl)cc1NC(=O)CN1C(=O)S/C(=C\c2cc3c(cc2[N+](=O)[O-])OCO3)C1=O. The van der Waals surface area contributed by atoms with E-state index >= 15 is 0 Å². The first-order valence-electron chi connectivity index (χ1n) is 9.12. The number of fused-ring (bicyclic) bond motifs is 1. The van der Waals surface area contributed by atoms with Crippen molar-refractivity contribution in [1.82, 2.24) is 4.90 Å². The monoisotopic (exact) mass is 475 g/mol. The van der Waals surface area contributed by atoms with Gasteiger partial charge in [0, 0.05) is 10.7 Å². The fraction of sp³-hybridized carbons (Fsp3) is 0.150. The van der Waals surface area contributed by atoms with E-state index in [4.69, 9.17) is 21.1 Å². The number of anilines is 1. The first-order chi connectivity index (χ1) is 15.2. The summed E-state index contributed by atoms with van der Waals surface area (Å²) in [6, 6.07) is 7.51. The minimum Gasteiger partial charge on any atom is -0.454 e. The molecule has 2 aromatic rings. The number of hydrogen-bond acceptors (Lipinski definition) is 8. The molecule has 0 atom stereocenters. The lowest BCUT2D eigenvalue weighted by Gasteiger charge is -2.13. The minimum absolute atomic E-state index is 0.0521.